The van der Waals surface area contributed by atoms with E-state index in [2.05, 4.69) is 0 Å². The van der Waals surface area contributed by atoms with Crippen molar-refractivity contribution in [3.63, 3.8) is 0 Å². The zero-order valence-corrected chi connectivity index (χ0v) is 13.5. The minimum Gasteiger partial charge on any atom is -0.478 e. The first-order chi connectivity index (χ1) is 9.50. The van der Waals surface area contributed by atoms with E-state index in [-0.39, 0.29) is 10.5 Å². The first-order valence-electron chi connectivity index (χ1n) is 6.29. The van der Waals surface area contributed by atoms with Crippen LogP contribution in [-0.2, 0) is 14.6 Å². The fourth-order valence-electron chi connectivity index (χ4n) is 2.06. The average molecular weight is 313 g/mol. The van der Waals surface area contributed by atoms with E-state index in [9.17, 15) is 18.0 Å². The summed E-state index contributed by atoms with van der Waals surface area (Å²) in [4.78, 5) is 24.1. The molecule has 0 saturated heterocycles. The molecule has 1 amide bonds. The Labute approximate surface area is 124 Å². The van der Waals surface area contributed by atoms with Crippen LogP contribution < -0.4 is 0 Å². The van der Waals surface area contributed by atoms with Crippen LogP contribution in [0.3, 0.4) is 0 Å². The van der Waals surface area contributed by atoms with Crippen molar-refractivity contribution < 1.29 is 23.1 Å². The Kier molecular flexibility index (Phi) is 4.78. The predicted octanol–water partition coefficient (Wildman–Crippen LogP) is 1.25. The maximum atomic E-state index is 12.5. The highest BCUT2D eigenvalue weighted by Crippen LogP contribution is 2.25. The molecule has 1 N–H and O–H groups in total. The second-order valence-electron chi connectivity index (χ2n) is 5.16. The van der Waals surface area contributed by atoms with E-state index < -0.39 is 27.0 Å². The van der Waals surface area contributed by atoms with Crippen molar-refractivity contribution in [2.75, 3.05) is 14.1 Å². The van der Waals surface area contributed by atoms with E-state index in [1.165, 1.54) is 32.0 Å². The second-order valence-corrected chi connectivity index (χ2v) is 7.39. The Balaban J connectivity index is 3.49. The van der Waals surface area contributed by atoms with Crippen LogP contribution in [0.2, 0.25) is 0 Å². The number of nitrogens with zero attached hydrogens (tertiary/aromatic N) is 1. The number of sulfone groups is 1. The number of carboxylic acids is 1. The molecular formula is C14H19NO5S. The fourth-order valence-corrected chi connectivity index (χ4v) is 3.70. The van der Waals surface area contributed by atoms with Crippen molar-refractivity contribution in [1.29, 1.82) is 0 Å². The molecule has 116 valence electrons. The Bertz CT molecular complexity index is 692. The van der Waals surface area contributed by atoms with E-state index in [1.807, 2.05) is 0 Å². The van der Waals surface area contributed by atoms with Gasteiger partial charge in [-0.2, -0.15) is 0 Å². The lowest BCUT2D eigenvalue weighted by molar-refractivity contribution is -0.127. The van der Waals surface area contributed by atoms with Crippen molar-refractivity contribution in [3.05, 3.63) is 28.8 Å². The molecule has 0 bridgehead atoms. The third-order valence-electron chi connectivity index (χ3n) is 3.31. The molecule has 0 heterocycles. The topological polar surface area (TPSA) is 91.8 Å². The summed E-state index contributed by atoms with van der Waals surface area (Å²) in [5.74, 6) is -1.75. The van der Waals surface area contributed by atoms with Gasteiger partial charge in [0.25, 0.3) is 0 Å². The first-order valence-corrected chi connectivity index (χ1v) is 7.84. The third-order valence-corrected chi connectivity index (χ3v) is 5.50. The van der Waals surface area contributed by atoms with Crippen LogP contribution in [0.4, 0.5) is 0 Å². The SMILES string of the molecule is Cc1cc(C)c(S(=O)(=O)C(C)C(=O)N(C)C)cc1C(=O)O. The number of carboxylic acid groups (broad SMARTS) is 1. The molecule has 0 saturated carbocycles. The van der Waals surface area contributed by atoms with Crippen molar-refractivity contribution >= 4 is 21.7 Å². The van der Waals surface area contributed by atoms with Crippen LogP contribution in [0.15, 0.2) is 17.0 Å². The van der Waals surface area contributed by atoms with E-state index in [0.717, 1.165) is 6.07 Å². The summed E-state index contributed by atoms with van der Waals surface area (Å²) >= 11 is 0. The summed E-state index contributed by atoms with van der Waals surface area (Å²) in [5.41, 5.74) is 0.824. The van der Waals surface area contributed by atoms with Crippen LogP contribution in [0.5, 0.6) is 0 Å². The maximum absolute atomic E-state index is 12.5. The molecule has 0 aliphatic rings. The highest BCUT2D eigenvalue weighted by molar-refractivity contribution is 7.92. The van der Waals surface area contributed by atoms with Crippen LogP contribution in [0.25, 0.3) is 0 Å². The maximum Gasteiger partial charge on any atom is 0.335 e. The summed E-state index contributed by atoms with van der Waals surface area (Å²) < 4.78 is 25.1. The van der Waals surface area contributed by atoms with E-state index in [4.69, 9.17) is 5.11 Å². The van der Waals surface area contributed by atoms with Crippen molar-refractivity contribution in [2.45, 2.75) is 30.9 Å². The molecule has 0 spiro atoms. The second kappa shape index (κ2) is 5.85. The molecule has 1 atom stereocenters. The molecular weight excluding hydrogens is 294 g/mol. The monoisotopic (exact) mass is 313 g/mol. The number of aromatic carboxylic acids is 1. The third kappa shape index (κ3) is 3.24. The molecule has 7 heteroatoms. The fraction of sp³-hybridized carbons (Fsp3) is 0.429. The lowest BCUT2D eigenvalue weighted by atomic mass is 10.1. The Hall–Kier alpha value is -1.89. The molecule has 0 radical (unpaired) electrons. The zero-order chi connectivity index (χ0) is 16.5. The van der Waals surface area contributed by atoms with E-state index in [1.54, 1.807) is 13.8 Å². The number of hydrogen-bond donors (Lipinski definition) is 1. The molecule has 1 unspecified atom stereocenters. The number of aryl methyl sites for hydroxylation is 2. The standard InChI is InChI=1S/C14H19NO5S/c1-8-6-9(2)12(7-11(8)14(17)18)21(19,20)10(3)13(16)15(4)5/h6-7,10H,1-5H3,(H,17,18). The minimum atomic E-state index is -3.94. The minimum absolute atomic E-state index is 0.0799. The van der Waals surface area contributed by atoms with Crippen LogP contribution in [0.1, 0.15) is 28.4 Å². The Morgan fingerprint density at radius 2 is 1.67 bits per heavy atom. The smallest absolute Gasteiger partial charge is 0.335 e. The summed E-state index contributed by atoms with van der Waals surface area (Å²) in [6.07, 6.45) is 0. The van der Waals surface area contributed by atoms with Gasteiger partial charge in [0.2, 0.25) is 5.91 Å². The molecule has 21 heavy (non-hydrogen) atoms. The summed E-state index contributed by atoms with van der Waals surface area (Å²) in [6, 6.07) is 2.63. The number of amides is 1. The lowest BCUT2D eigenvalue weighted by Gasteiger charge is -2.19. The van der Waals surface area contributed by atoms with Gasteiger partial charge in [-0.05, 0) is 38.0 Å². The highest BCUT2D eigenvalue weighted by Gasteiger charge is 2.32. The van der Waals surface area contributed by atoms with E-state index in [0.29, 0.717) is 11.1 Å². The Morgan fingerprint density at radius 1 is 1.14 bits per heavy atom. The molecule has 1 aromatic carbocycles. The normalized spacial score (nSPS) is 12.8. The average Bonchev–Trinajstić information content (AvgIpc) is 2.35. The van der Waals surface area contributed by atoms with Gasteiger partial charge in [0.15, 0.2) is 9.84 Å². The van der Waals surface area contributed by atoms with Gasteiger partial charge in [-0.15, -0.1) is 0 Å². The van der Waals surface area contributed by atoms with Gasteiger partial charge in [-0.1, -0.05) is 6.07 Å². The van der Waals surface area contributed by atoms with Crippen LogP contribution in [-0.4, -0.2) is 49.6 Å². The van der Waals surface area contributed by atoms with Crippen molar-refractivity contribution in [3.8, 4) is 0 Å². The van der Waals surface area contributed by atoms with Crippen molar-refractivity contribution in [2.24, 2.45) is 0 Å². The summed E-state index contributed by atoms with van der Waals surface area (Å²) in [5, 5.41) is 7.84. The van der Waals surface area contributed by atoms with E-state index >= 15 is 0 Å². The van der Waals surface area contributed by atoms with Gasteiger partial charge in [-0.3, -0.25) is 4.79 Å². The number of carbonyl (C=O) groups is 2. The quantitative estimate of drug-likeness (QED) is 0.903. The largest absolute Gasteiger partial charge is 0.478 e. The molecule has 0 fully saturated rings. The number of benzene rings is 1. The predicted molar refractivity (Wildman–Crippen MR) is 78.2 cm³/mol. The Morgan fingerprint density at radius 3 is 2.10 bits per heavy atom. The zero-order valence-electron chi connectivity index (χ0n) is 12.7. The van der Waals surface area contributed by atoms with Gasteiger partial charge in [0.05, 0.1) is 10.5 Å². The number of carbonyl (C=O) groups excluding carboxylic acids is 1. The van der Waals surface area contributed by atoms with Crippen LogP contribution >= 0.6 is 0 Å². The van der Waals surface area contributed by atoms with Crippen LogP contribution in [0, 0.1) is 13.8 Å². The molecule has 0 aliphatic heterocycles. The highest BCUT2D eigenvalue weighted by atomic mass is 32.2. The molecule has 0 aromatic heterocycles. The first kappa shape index (κ1) is 17.2. The van der Waals surface area contributed by atoms with Gasteiger partial charge >= 0.3 is 5.97 Å². The van der Waals surface area contributed by atoms with Gasteiger partial charge in [-0.25, -0.2) is 13.2 Å². The number of hydrogen-bond acceptors (Lipinski definition) is 4. The van der Waals surface area contributed by atoms with Gasteiger partial charge in [0, 0.05) is 14.1 Å². The summed E-state index contributed by atoms with van der Waals surface area (Å²) in [7, 11) is -0.999. The summed E-state index contributed by atoms with van der Waals surface area (Å²) in [6.45, 7) is 4.48. The number of rotatable bonds is 4. The molecule has 1 rings (SSSR count). The van der Waals surface area contributed by atoms with Gasteiger partial charge < -0.3 is 10.0 Å². The van der Waals surface area contributed by atoms with Gasteiger partial charge in [0.1, 0.15) is 5.25 Å². The van der Waals surface area contributed by atoms with Crippen molar-refractivity contribution in [1.82, 2.24) is 4.90 Å². The molecule has 1 aromatic rings. The molecule has 6 nitrogen and oxygen atoms in total. The molecule has 0 aliphatic carbocycles. The lowest BCUT2D eigenvalue weighted by Crippen LogP contribution is -2.37.